The molecule has 3 heteroatoms. The molecule has 0 N–H and O–H groups in total. The summed E-state index contributed by atoms with van der Waals surface area (Å²) in [4.78, 5) is 0. The minimum Gasteiger partial charge on any atom is -0.544 e. The quantitative estimate of drug-likeness (QED) is 0.614. The van der Waals surface area contributed by atoms with Gasteiger partial charge in [0.25, 0.3) is 0 Å². The van der Waals surface area contributed by atoms with Gasteiger partial charge in [0.1, 0.15) is 5.75 Å². The summed E-state index contributed by atoms with van der Waals surface area (Å²) in [7, 11) is -1.77. The number of hydrogen-bond donors (Lipinski definition) is 0. The average Bonchev–Trinajstić information content (AvgIpc) is 2.42. The van der Waals surface area contributed by atoms with Crippen LogP contribution in [0.5, 0.6) is 5.75 Å². The van der Waals surface area contributed by atoms with Crippen LogP contribution in [0.25, 0.3) is 0 Å². The molecule has 0 aromatic heterocycles. The lowest BCUT2D eigenvalue weighted by atomic mass is 10.1. The molecule has 0 bridgehead atoms. The summed E-state index contributed by atoms with van der Waals surface area (Å²) >= 11 is 6.20. The highest BCUT2D eigenvalue weighted by Crippen LogP contribution is 2.37. The molecule has 0 aliphatic rings. The van der Waals surface area contributed by atoms with Crippen LogP contribution in [-0.2, 0) is 6.42 Å². The van der Waals surface area contributed by atoms with Crippen LogP contribution in [0.15, 0.2) is 42.5 Å². The van der Waals surface area contributed by atoms with E-state index < -0.39 is 8.32 Å². The average molecular weight is 332 g/mol. The molecule has 0 atom stereocenters. The summed E-state index contributed by atoms with van der Waals surface area (Å²) in [6.45, 7) is 11.3. The van der Waals surface area contributed by atoms with E-state index in [0.29, 0.717) is 0 Å². The normalized spacial score (nSPS) is 12.3. The molecule has 1 radical (unpaired) electrons. The molecule has 0 amide bonds. The predicted molar refractivity (Wildman–Crippen MR) is 97.4 cm³/mol. The van der Waals surface area contributed by atoms with E-state index in [0.717, 1.165) is 22.8 Å². The van der Waals surface area contributed by atoms with E-state index in [2.05, 4.69) is 64.2 Å². The third-order valence-corrected chi connectivity index (χ3v) is 9.11. The highest BCUT2D eigenvalue weighted by Gasteiger charge is 2.38. The molecule has 0 aliphatic carbocycles. The molecular weight excluding hydrogens is 308 g/mol. The second-order valence-corrected chi connectivity index (χ2v) is 12.3. The Bertz CT molecular complexity index is 627. The van der Waals surface area contributed by atoms with Crippen molar-refractivity contribution >= 4 is 19.9 Å². The van der Waals surface area contributed by atoms with Crippen molar-refractivity contribution in [3.63, 3.8) is 0 Å². The van der Waals surface area contributed by atoms with Crippen molar-refractivity contribution in [1.82, 2.24) is 0 Å². The maximum Gasteiger partial charge on any atom is 0.250 e. The van der Waals surface area contributed by atoms with Crippen LogP contribution in [0.2, 0.25) is 23.2 Å². The zero-order valence-electron chi connectivity index (χ0n) is 14.0. The molecule has 2 aromatic carbocycles. The number of halogens is 1. The smallest absolute Gasteiger partial charge is 0.250 e. The summed E-state index contributed by atoms with van der Waals surface area (Å²) < 4.78 is 6.30. The molecule has 2 aromatic rings. The minimum absolute atomic E-state index is 0.207. The van der Waals surface area contributed by atoms with E-state index in [1.165, 1.54) is 5.56 Å². The van der Waals surface area contributed by atoms with E-state index in [4.69, 9.17) is 16.0 Å². The molecule has 0 unspecified atom stereocenters. The third-order valence-electron chi connectivity index (χ3n) is 4.39. The van der Waals surface area contributed by atoms with Crippen LogP contribution in [0.3, 0.4) is 0 Å². The lowest BCUT2D eigenvalue weighted by Gasteiger charge is -2.36. The van der Waals surface area contributed by atoms with Crippen LogP contribution >= 0.6 is 11.6 Å². The molecule has 0 spiro atoms. The van der Waals surface area contributed by atoms with Gasteiger partial charge in [0, 0.05) is 5.02 Å². The molecule has 2 rings (SSSR count). The largest absolute Gasteiger partial charge is 0.544 e. The van der Waals surface area contributed by atoms with E-state index >= 15 is 0 Å². The molecule has 0 fully saturated rings. The Kier molecular flexibility index (Phi) is 5.03. The van der Waals surface area contributed by atoms with Crippen LogP contribution in [0, 0.1) is 6.07 Å². The van der Waals surface area contributed by atoms with E-state index in [-0.39, 0.29) is 5.04 Å². The first-order valence-electron chi connectivity index (χ1n) is 7.61. The van der Waals surface area contributed by atoms with Gasteiger partial charge in [-0.2, -0.15) is 0 Å². The van der Waals surface area contributed by atoms with Crippen molar-refractivity contribution < 1.29 is 4.43 Å². The summed E-state index contributed by atoms with van der Waals surface area (Å²) in [5, 5.41) is 0.999. The van der Waals surface area contributed by atoms with Crippen molar-refractivity contribution in [3.8, 4) is 5.75 Å². The summed E-state index contributed by atoms with van der Waals surface area (Å²) in [5.74, 6) is 0.959. The maximum atomic E-state index is 6.30. The van der Waals surface area contributed by atoms with Crippen LogP contribution in [-0.4, -0.2) is 8.32 Å². The predicted octanol–water partition coefficient (Wildman–Crippen LogP) is 6.11. The summed E-state index contributed by atoms with van der Waals surface area (Å²) in [6, 6.07) is 17.1. The molecule has 0 saturated carbocycles. The van der Waals surface area contributed by atoms with Gasteiger partial charge in [-0.15, -0.1) is 0 Å². The first kappa shape index (κ1) is 17.1. The van der Waals surface area contributed by atoms with Crippen molar-refractivity contribution in [3.05, 3.63) is 64.7 Å². The van der Waals surface area contributed by atoms with E-state index in [1.807, 2.05) is 18.2 Å². The van der Waals surface area contributed by atoms with Gasteiger partial charge < -0.3 is 4.43 Å². The van der Waals surface area contributed by atoms with Gasteiger partial charge in [-0.25, -0.2) is 0 Å². The van der Waals surface area contributed by atoms with E-state index in [1.54, 1.807) is 0 Å². The number of hydrogen-bond acceptors (Lipinski definition) is 1. The Morgan fingerprint density at radius 1 is 1.09 bits per heavy atom. The molecule has 0 saturated heterocycles. The van der Waals surface area contributed by atoms with Gasteiger partial charge in [-0.05, 0) is 66.0 Å². The zero-order valence-corrected chi connectivity index (χ0v) is 15.8. The SMILES string of the molecule is CC(C)(C)[Si](C)(C)Oc1ccc(Cc2c[c]ccc2Cl)cc1. The Morgan fingerprint density at radius 2 is 1.73 bits per heavy atom. The van der Waals surface area contributed by atoms with Crippen LogP contribution in [0.4, 0.5) is 0 Å². The van der Waals surface area contributed by atoms with Gasteiger partial charge in [0.15, 0.2) is 0 Å². The fourth-order valence-corrected chi connectivity index (χ4v) is 3.14. The summed E-state index contributed by atoms with van der Waals surface area (Å²) in [6.07, 6.45) is 0.816. The lowest BCUT2D eigenvalue weighted by molar-refractivity contribution is 0.492. The topological polar surface area (TPSA) is 9.23 Å². The first-order valence-corrected chi connectivity index (χ1v) is 10.9. The van der Waals surface area contributed by atoms with Gasteiger partial charge in [-0.3, -0.25) is 0 Å². The molecule has 0 aliphatic heterocycles. The van der Waals surface area contributed by atoms with Gasteiger partial charge in [-0.1, -0.05) is 50.6 Å². The fraction of sp³-hybridized carbons (Fsp3) is 0.368. The first-order chi connectivity index (χ1) is 10.2. The minimum atomic E-state index is -1.77. The zero-order chi connectivity index (χ0) is 16.4. The Morgan fingerprint density at radius 3 is 2.27 bits per heavy atom. The second kappa shape index (κ2) is 6.47. The second-order valence-electron chi connectivity index (χ2n) is 7.20. The maximum absolute atomic E-state index is 6.30. The van der Waals surface area contributed by atoms with Gasteiger partial charge in [0.05, 0.1) is 0 Å². The molecular formula is C19H24ClOSi. The highest BCUT2D eigenvalue weighted by molar-refractivity contribution is 6.74. The van der Waals surface area contributed by atoms with Crippen molar-refractivity contribution in [2.24, 2.45) is 0 Å². The lowest BCUT2D eigenvalue weighted by Crippen LogP contribution is -2.43. The standard InChI is InChI=1S/C19H24ClOSi/c1-19(2,3)22(4,5)21-17-12-10-15(11-13-17)14-16-8-6-7-9-18(16)20/h7-13H,14H2,1-5H3. The molecule has 0 heterocycles. The number of benzene rings is 2. The van der Waals surface area contributed by atoms with Crippen LogP contribution in [0.1, 0.15) is 31.9 Å². The Hall–Kier alpha value is -1.25. The Labute approximate surface area is 140 Å². The van der Waals surface area contributed by atoms with Crippen molar-refractivity contribution in [2.45, 2.75) is 45.3 Å². The van der Waals surface area contributed by atoms with E-state index in [9.17, 15) is 0 Å². The third kappa shape index (κ3) is 4.14. The van der Waals surface area contributed by atoms with Crippen LogP contribution < -0.4 is 4.43 Å². The molecule has 117 valence electrons. The fourth-order valence-electron chi connectivity index (χ4n) is 1.92. The van der Waals surface area contributed by atoms with Crippen molar-refractivity contribution in [1.29, 1.82) is 0 Å². The van der Waals surface area contributed by atoms with Gasteiger partial charge >= 0.3 is 0 Å². The monoisotopic (exact) mass is 331 g/mol. The molecule has 1 nitrogen and oxygen atoms in total. The Balaban J connectivity index is 2.10. The molecule has 22 heavy (non-hydrogen) atoms. The number of rotatable bonds is 4. The highest BCUT2D eigenvalue weighted by atomic mass is 35.5. The van der Waals surface area contributed by atoms with Gasteiger partial charge in [0.2, 0.25) is 8.32 Å². The summed E-state index contributed by atoms with van der Waals surface area (Å²) in [5.41, 5.74) is 2.33. The van der Waals surface area contributed by atoms with Crippen molar-refractivity contribution in [2.75, 3.05) is 0 Å².